The van der Waals surface area contributed by atoms with Crippen molar-refractivity contribution in [1.82, 2.24) is 9.97 Å². The van der Waals surface area contributed by atoms with E-state index in [2.05, 4.69) is 179 Å². The van der Waals surface area contributed by atoms with Crippen LogP contribution in [0.15, 0.2) is 158 Å². The maximum absolute atomic E-state index is 5.34. The molecule has 0 unspecified atom stereocenters. The molecule has 0 fully saturated rings. The van der Waals surface area contributed by atoms with E-state index in [-0.39, 0.29) is 10.8 Å². The van der Waals surface area contributed by atoms with Gasteiger partial charge in [0, 0.05) is 27.5 Å². The standard InChI is InChI=1S/C50H38N2/c1-49(2)41-23-13-12-20-36(41)37-26-25-34(29-43(37)49)35-19-10-11-21-38(35)45-30-46(52-48(51-45)31-15-6-5-7-16-31)39-22-14-24-42-47(39)40-27-32-17-8-9-18-33(32)28-44(40)50(42,3)4/h5-30H,1-4H3. The summed E-state index contributed by atoms with van der Waals surface area (Å²) in [6.45, 7) is 9.39. The molecule has 1 heterocycles. The molecule has 0 saturated heterocycles. The van der Waals surface area contributed by atoms with Crippen LogP contribution in [0.5, 0.6) is 0 Å². The Hall–Kier alpha value is -6.12. The average molecular weight is 667 g/mol. The third-order valence-corrected chi connectivity index (χ3v) is 11.7. The number of hydrogen-bond donors (Lipinski definition) is 0. The molecule has 52 heavy (non-hydrogen) atoms. The lowest BCUT2D eigenvalue weighted by atomic mass is 9.81. The predicted molar refractivity (Wildman–Crippen MR) is 216 cm³/mol. The van der Waals surface area contributed by atoms with Gasteiger partial charge in [-0.25, -0.2) is 9.97 Å². The van der Waals surface area contributed by atoms with Gasteiger partial charge in [0.15, 0.2) is 5.82 Å². The van der Waals surface area contributed by atoms with Crippen LogP contribution in [0.1, 0.15) is 49.9 Å². The Morgan fingerprint density at radius 1 is 0.346 bits per heavy atom. The van der Waals surface area contributed by atoms with Crippen LogP contribution in [-0.2, 0) is 10.8 Å². The molecule has 2 aliphatic rings. The van der Waals surface area contributed by atoms with Gasteiger partial charge in [-0.3, -0.25) is 0 Å². The monoisotopic (exact) mass is 666 g/mol. The molecule has 0 atom stereocenters. The van der Waals surface area contributed by atoms with Crippen LogP contribution < -0.4 is 0 Å². The highest BCUT2D eigenvalue weighted by atomic mass is 14.9. The van der Waals surface area contributed by atoms with Crippen molar-refractivity contribution in [1.29, 1.82) is 0 Å². The minimum Gasteiger partial charge on any atom is -0.228 e. The first kappa shape index (κ1) is 30.7. The topological polar surface area (TPSA) is 25.8 Å². The van der Waals surface area contributed by atoms with Crippen LogP contribution in [0.3, 0.4) is 0 Å². The van der Waals surface area contributed by atoms with Crippen molar-refractivity contribution in [2.45, 2.75) is 38.5 Å². The molecule has 0 bridgehead atoms. The van der Waals surface area contributed by atoms with Crippen molar-refractivity contribution < 1.29 is 0 Å². The molecular weight excluding hydrogens is 629 g/mol. The normalized spacial score (nSPS) is 14.5. The molecule has 0 amide bonds. The van der Waals surface area contributed by atoms with Gasteiger partial charge in [0.25, 0.3) is 0 Å². The van der Waals surface area contributed by atoms with Gasteiger partial charge in [-0.1, -0.05) is 161 Å². The molecular formula is C50H38N2. The molecule has 0 aliphatic heterocycles. The maximum Gasteiger partial charge on any atom is 0.160 e. The van der Waals surface area contributed by atoms with Crippen molar-refractivity contribution in [2.75, 3.05) is 0 Å². The van der Waals surface area contributed by atoms with Gasteiger partial charge in [-0.15, -0.1) is 0 Å². The lowest BCUT2D eigenvalue weighted by Crippen LogP contribution is -2.14. The molecule has 7 aromatic carbocycles. The number of nitrogens with zero attached hydrogens (tertiary/aromatic N) is 2. The first-order valence-electron chi connectivity index (χ1n) is 18.3. The Morgan fingerprint density at radius 2 is 0.904 bits per heavy atom. The van der Waals surface area contributed by atoms with Crippen molar-refractivity contribution in [3.05, 3.63) is 180 Å². The molecule has 0 N–H and O–H groups in total. The molecule has 8 aromatic rings. The predicted octanol–water partition coefficient (Wildman–Crippen LogP) is 12.9. The van der Waals surface area contributed by atoms with Gasteiger partial charge in [0.1, 0.15) is 0 Å². The van der Waals surface area contributed by atoms with Gasteiger partial charge >= 0.3 is 0 Å². The van der Waals surface area contributed by atoms with E-state index in [9.17, 15) is 0 Å². The molecule has 2 nitrogen and oxygen atoms in total. The fourth-order valence-corrected chi connectivity index (χ4v) is 8.96. The van der Waals surface area contributed by atoms with E-state index in [1.165, 1.54) is 60.8 Å². The summed E-state index contributed by atoms with van der Waals surface area (Å²) in [6, 6.07) is 57.3. The van der Waals surface area contributed by atoms with E-state index in [1.807, 2.05) is 6.07 Å². The molecule has 2 aliphatic carbocycles. The second-order valence-corrected chi connectivity index (χ2v) is 15.4. The highest BCUT2D eigenvalue weighted by Gasteiger charge is 2.38. The fourth-order valence-electron chi connectivity index (χ4n) is 8.96. The number of benzene rings is 7. The van der Waals surface area contributed by atoms with Gasteiger partial charge in [-0.2, -0.15) is 0 Å². The lowest BCUT2D eigenvalue weighted by Gasteiger charge is -2.22. The van der Waals surface area contributed by atoms with E-state index >= 15 is 0 Å². The number of hydrogen-bond acceptors (Lipinski definition) is 2. The highest BCUT2D eigenvalue weighted by Crippen LogP contribution is 2.54. The zero-order valence-electron chi connectivity index (χ0n) is 29.9. The summed E-state index contributed by atoms with van der Waals surface area (Å²) in [7, 11) is 0. The Kier molecular flexibility index (Phi) is 6.60. The van der Waals surface area contributed by atoms with Gasteiger partial charge in [0.05, 0.1) is 11.4 Å². The first-order chi connectivity index (χ1) is 25.3. The summed E-state index contributed by atoms with van der Waals surface area (Å²) in [4.78, 5) is 10.7. The van der Waals surface area contributed by atoms with E-state index in [0.717, 1.165) is 39.5 Å². The fraction of sp³-hybridized carbons (Fsp3) is 0.120. The smallest absolute Gasteiger partial charge is 0.160 e. The summed E-state index contributed by atoms with van der Waals surface area (Å²) in [5.41, 5.74) is 17.9. The minimum atomic E-state index is -0.142. The number of fused-ring (bicyclic) bond motifs is 7. The molecule has 248 valence electrons. The minimum absolute atomic E-state index is 0.0808. The number of aromatic nitrogens is 2. The summed E-state index contributed by atoms with van der Waals surface area (Å²) in [6.07, 6.45) is 0. The molecule has 0 saturated carbocycles. The van der Waals surface area contributed by atoms with Crippen molar-refractivity contribution >= 4 is 10.8 Å². The van der Waals surface area contributed by atoms with Crippen LogP contribution in [0.4, 0.5) is 0 Å². The summed E-state index contributed by atoms with van der Waals surface area (Å²) < 4.78 is 0. The maximum atomic E-state index is 5.34. The zero-order valence-corrected chi connectivity index (χ0v) is 29.9. The van der Waals surface area contributed by atoms with E-state index < -0.39 is 0 Å². The van der Waals surface area contributed by atoms with Gasteiger partial charge in [0.2, 0.25) is 0 Å². The van der Waals surface area contributed by atoms with Crippen LogP contribution >= 0.6 is 0 Å². The van der Waals surface area contributed by atoms with Crippen LogP contribution in [0.25, 0.3) is 78.1 Å². The SMILES string of the molecule is CC1(C)c2ccccc2-c2ccc(-c3ccccc3-c3cc(-c4cccc5c4-c4cc6ccccc6cc4C5(C)C)nc(-c4ccccc4)n3)cc21. The first-order valence-corrected chi connectivity index (χ1v) is 18.3. The number of rotatable bonds is 4. The van der Waals surface area contributed by atoms with E-state index in [1.54, 1.807) is 0 Å². The zero-order chi connectivity index (χ0) is 35.2. The molecule has 0 spiro atoms. The van der Waals surface area contributed by atoms with Gasteiger partial charge in [-0.05, 0) is 90.7 Å². The second-order valence-electron chi connectivity index (χ2n) is 15.4. The summed E-state index contributed by atoms with van der Waals surface area (Å²) >= 11 is 0. The Balaban J connectivity index is 1.18. The van der Waals surface area contributed by atoms with Crippen LogP contribution in [0.2, 0.25) is 0 Å². The third-order valence-electron chi connectivity index (χ3n) is 11.7. The van der Waals surface area contributed by atoms with Crippen molar-refractivity contribution in [3.8, 4) is 67.3 Å². The molecule has 2 heteroatoms. The van der Waals surface area contributed by atoms with Gasteiger partial charge < -0.3 is 0 Å². The van der Waals surface area contributed by atoms with Crippen molar-refractivity contribution in [2.24, 2.45) is 0 Å². The van der Waals surface area contributed by atoms with E-state index in [0.29, 0.717) is 0 Å². The Bertz CT molecular complexity index is 2730. The largest absolute Gasteiger partial charge is 0.228 e. The lowest BCUT2D eigenvalue weighted by molar-refractivity contribution is 0.660. The second kappa shape index (κ2) is 11.2. The van der Waals surface area contributed by atoms with E-state index in [4.69, 9.17) is 9.97 Å². The van der Waals surface area contributed by atoms with Crippen LogP contribution in [-0.4, -0.2) is 9.97 Å². The quantitative estimate of drug-likeness (QED) is 0.187. The third kappa shape index (κ3) is 4.50. The molecule has 1 aromatic heterocycles. The Labute approximate surface area is 305 Å². The summed E-state index contributed by atoms with van der Waals surface area (Å²) in [5, 5.41) is 2.53. The average Bonchev–Trinajstić information content (AvgIpc) is 3.56. The van der Waals surface area contributed by atoms with Crippen LogP contribution in [0, 0.1) is 0 Å². The highest BCUT2D eigenvalue weighted by molar-refractivity contribution is 5.99. The summed E-state index contributed by atoms with van der Waals surface area (Å²) in [5.74, 6) is 0.724. The van der Waals surface area contributed by atoms with Crippen molar-refractivity contribution in [3.63, 3.8) is 0 Å². The Morgan fingerprint density at radius 3 is 1.69 bits per heavy atom. The molecule has 10 rings (SSSR count). The molecule has 0 radical (unpaired) electrons.